The molecule has 3 heteroatoms. The molecule has 0 fully saturated rings. The van der Waals surface area contributed by atoms with E-state index in [1.54, 1.807) is 0 Å². The fraction of sp³-hybridized carbons (Fsp3) is 0.750. The van der Waals surface area contributed by atoms with Crippen LogP contribution in [0.2, 0.25) is 0 Å². The molecule has 15 heavy (non-hydrogen) atoms. The number of aliphatic hydroxyl groups excluding tert-OH is 1. The number of amides is 1. The van der Waals surface area contributed by atoms with Crippen molar-refractivity contribution in [3.63, 3.8) is 0 Å². The molecule has 0 heterocycles. The Morgan fingerprint density at radius 3 is 2.47 bits per heavy atom. The highest BCUT2D eigenvalue weighted by atomic mass is 16.3. The second kappa shape index (κ2) is 9.54. The first-order valence-electron chi connectivity index (χ1n) is 5.66. The van der Waals surface area contributed by atoms with Gasteiger partial charge >= 0.3 is 0 Å². The summed E-state index contributed by atoms with van der Waals surface area (Å²) in [4.78, 5) is 10.3. The molecule has 0 saturated carbocycles. The molecule has 0 spiro atoms. The van der Waals surface area contributed by atoms with E-state index in [4.69, 9.17) is 5.73 Å². The number of rotatable bonds is 7. The Morgan fingerprint density at radius 1 is 1.27 bits per heavy atom. The predicted molar refractivity (Wildman–Crippen MR) is 61.0 cm³/mol. The van der Waals surface area contributed by atoms with Crippen molar-refractivity contribution in [2.75, 3.05) is 0 Å². The SMILES string of the molecule is CCCCCCCC[C@@H](O)C#CC(N)=O. The second-order valence-corrected chi connectivity index (χ2v) is 3.71. The summed E-state index contributed by atoms with van der Waals surface area (Å²) in [5.41, 5.74) is 4.83. The minimum Gasteiger partial charge on any atom is -0.380 e. The van der Waals surface area contributed by atoms with Crippen LogP contribution in [0.5, 0.6) is 0 Å². The minimum atomic E-state index is -0.705. The van der Waals surface area contributed by atoms with Gasteiger partial charge in [0.2, 0.25) is 0 Å². The van der Waals surface area contributed by atoms with Crippen LogP contribution in [0.15, 0.2) is 0 Å². The third-order valence-corrected chi connectivity index (χ3v) is 2.19. The van der Waals surface area contributed by atoms with Gasteiger partial charge in [-0.25, -0.2) is 0 Å². The first-order valence-corrected chi connectivity index (χ1v) is 5.66. The third kappa shape index (κ3) is 10.9. The van der Waals surface area contributed by atoms with Gasteiger partial charge in [0.05, 0.1) is 0 Å². The van der Waals surface area contributed by atoms with Crippen LogP contribution < -0.4 is 5.73 Å². The zero-order valence-corrected chi connectivity index (χ0v) is 9.46. The largest absolute Gasteiger partial charge is 0.380 e. The summed E-state index contributed by atoms with van der Waals surface area (Å²) < 4.78 is 0. The van der Waals surface area contributed by atoms with Crippen LogP contribution >= 0.6 is 0 Å². The highest BCUT2D eigenvalue weighted by molar-refractivity contribution is 5.91. The molecule has 1 atom stereocenters. The van der Waals surface area contributed by atoms with Gasteiger partial charge in [-0.05, 0) is 18.8 Å². The summed E-state index contributed by atoms with van der Waals surface area (Å²) in [7, 11) is 0. The van der Waals surface area contributed by atoms with E-state index in [-0.39, 0.29) is 0 Å². The van der Waals surface area contributed by atoms with Gasteiger partial charge in [0.25, 0.3) is 5.91 Å². The van der Waals surface area contributed by atoms with Crippen LogP contribution in [0.3, 0.4) is 0 Å². The normalized spacial score (nSPS) is 11.6. The molecule has 0 radical (unpaired) electrons. The van der Waals surface area contributed by atoms with E-state index in [2.05, 4.69) is 18.8 Å². The van der Waals surface area contributed by atoms with Crippen molar-refractivity contribution >= 4 is 5.91 Å². The van der Waals surface area contributed by atoms with E-state index < -0.39 is 12.0 Å². The zero-order chi connectivity index (χ0) is 11.5. The molecule has 0 aliphatic heterocycles. The van der Waals surface area contributed by atoms with Gasteiger partial charge in [-0.15, -0.1) is 0 Å². The van der Waals surface area contributed by atoms with Gasteiger partial charge in [0, 0.05) is 0 Å². The zero-order valence-electron chi connectivity index (χ0n) is 9.46. The van der Waals surface area contributed by atoms with E-state index in [0.29, 0.717) is 6.42 Å². The summed E-state index contributed by atoms with van der Waals surface area (Å²) in [6, 6.07) is 0. The van der Waals surface area contributed by atoms with E-state index in [9.17, 15) is 9.90 Å². The lowest BCUT2D eigenvalue weighted by molar-refractivity contribution is -0.112. The van der Waals surface area contributed by atoms with Crippen LogP contribution in [0.4, 0.5) is 0 Å². The van der Waals surface area contributed by atoms with Crippen molar-refractivity contribution in [1.29, 1.82) is 0 Å². The molecule has 0 rings (SSSR count). The third-order valence-electron chi connectivity index (χ3n) is 2.19. The molecule has 1 amide bonds. The van der Waals surface area contributed by atoms with Crippen LogP contribution in [-0.2, 0) is 4.79 Å². The molecule has 86 valence electrons. The van der Waals surface area contributed by atoms with Gasteiger partial charge in [0.15, 0.2) is 0 Å². The maximum atomic E-state index is 10.3. The lowest BCUT2D eigenvalue weighted by atomic mass is 10.1. The molecule has 0 aromatic carbocycles. The van der Waals surface area contributed by atoms with Crippen molar-refractivity contribution in [2.45, 2.75) is 58.0 Å². The summed E-state index contributed by atoms with van der Waals surface area (Å²) in [6.07, 6.45) is 7.00. The Balaban J connectivity index is 3.36. The Labute approximate surface area is 92.0 Å². The molecule has 0 aliphatic rings. The number of carbonyl (C=O) groups excluding carboxylic acids is 1. The molecule has 0 saturated heterocycles. The summed E-state index contributed by atoms with van der Waals surface area (Å²) >= 11 is 0. The van der Waals surface area contributed by atoms with Gasteiger partial charge in [-0.1, -0.05) is 44.9 Å². The van der Waals surface area contributed by atoms with Gasteiger partial charge in [-0.3, -0.25) is 4.79 Å². The number of aliphatic hydroxyl groups is 1. The molecule has 0 aliphatic carbocycles. The van der Waals surface area contributed by atoms with Crippen molar-refractivity contribution < 1.29 is 9.90 Å². The number of hydrogen-bond acceptors (Lipinski definition) is 2. The molecule has 0 aromatic rings. The smallest absolute Gasteiger partial charge is 0.293 e. The van der Waals surface area contributed by atoms with Gasteiger partial charge in [0.1, 0.15) is 6.10 Å². The predicted octanol–water partition coefficient (Wildman–Crippen LogP) is 1.59. The Morgan fingerprint density at radius 2 is 1.87 bits per heavy atom. The summed E-state index contributed by atoms with van der Waals surface area (Å²) in [6.45, 7) is 2.18. The second-order valence-electron chi connectivity index (χ2n) is 3.71. The Bertz CT molecular complexity index is 228. The van der Waals surface area contributed by atoms with Crippen LogP contribution in [0, 0.1) is 11.8 Å². The molecule has 0 bridgehead atoms. The van der Waals surface area contributed by atoms with Crippen molar-refractivity contribution in [3.8, 4) is 11.8 Å². The van der Waals surface area contributed by atoms with Gasteiger partial charge in [-0.2, -0.15) is 0 Å². The first-order chi connectivity index (χ1) is 7.16. The van der Waals surface area contributed by atoms with Crippen LogP contribution in [-0.4, -0.2) is 17.1 Å². The monoisotopic (exact) mass is 211 g/mol. The maximum absolute atomic E-state index is 10.3. The Hall–Kier alpha value is -1.01. The minimum absolute atomic E-state index is 0.631. The number of carbonyl (C=O) groups is 1. The average Bonchev–Trinajstić information content (AvgIpc) is 2.20. The van der Waals surface area contributed by atoms with Gasteiger partial charge < -0.3 is 10.8 Å². The standard InChI is InChI=1S/C12H21NO2/c1-2-3-4-5-6-7-8-11(14)9-10-12(13)15/h11,14H,2-8H2,1H3,(H2,13,15)/t11-/m1/s1. The summed E-state index contributed by atoms with van der Waals surface area (Å²) in [5, 5.41) is 9.32. The number of nitrogens with two attached hydrogens (primary N) is 1. The maximum Gasteiger partial charge on any atom is 0.293 e. The first kappa shape index (κ1) is 14.0. The lowest BCUT2D eigenvalue weighted by Crippen LogP contribution is -2.09. The van der Waals surface area contributed by atoms with Crippen LogP contribution in [0.1, 0.15) is 51.9 Å². The van der Waals surface area contributed by atoms with Crippen LogP contribution in [0.25, 0.3) is 0 Å². The fourth-order valence-electron chi connectivity index (χ4n) is 1.34. The molecule has 3 N–H and O–H groups in total. The number of primary amides is 1. The molecular weight excluding hydrogens is 190 g/mol. The van der Waals surface area contributed by atoms with E-state index in [0.717, 1.165) is 12.8 Å². The fourth-order valence-corrected chi connectivity index (χ4v) is 1.34. The quantitative estimate of drug-likeness (QED) is 0.496. The number of unbranched alkanes of at least 4 members (excludes halogenated alkanes) is 5. The lowest BCUT2D eigenvalue weighted by Gasteiger charge is -2.02. The average molecular weight is 211 g/mol. The molecule has 3 nitrogen and oxygen atoms in total. The van der Waals surface area contributed by atoms with E-state index >= 15 is 0 Å². The van der Waals surface area contributed by atoms with E-state index in [1.165, 1.54) is 25.7 Å². The van der Waals surface area contributed by atoms with Crippen molar-refractivity contribution in [2.24, 2.45) is 5.73 Å². The highest BCUT2D eigenvalue weighted by Crippen LogP contribution is 2.08. The Kier molecular flexibility index (Phi) is 8.90. The topological polar surface area (TPSA) is 63.3 Å². The molecule has 0 aromatic heterocycles. The molecular formula is C12H21NO2. The van der Waals surface area contributed by atoms with E-state index in [1.807, 2.05) is 0 Å². The number of hydrogen-bond donors (Lipinski definition) is 2. The van der Waals surface area contributed by atoms with Crippen molar-refractivity contribution in [1.82, 2.24) is 0 Å². The van der Waals surface area contributed by atoms with Crippen molar-refractivity contribution in [3.05, 3.63) is 0 Å². The highest BCUT2D eigenvalue weighted by Gasteiger charge is 1.98. The summed E-state index contributed by atoms with van der Waals surface area (Å²) in [5.74, 6) is 3.88. The molecule has 0 unspecified atom stereocenters.